The molecule has 0 spiro atoms. The van der Waals surface area contributed by atoms with E-state index in [4.69, 9.17) is 0 Å². The van der Waals surface area contributed by atoms with Gasteiger partial charge in [-0.15, -0.1) is 0 Å². The van der Waals surface area contributed by atoms with E-state index in [9.17, 15) is 13.2 Å². The SMILES string of the molecule is CCN(CC1CC1)C(=O)c1ccc(N2CCCCC2)c(S(=O)(=O)N2CCCCC2)c1. The lowest BCUT2D eigenvalue weighted by Gasteiger charge is -2.33. The van der Waals surface area contributed by atoms with Gasteiger partial charge in [0.2, 0.25) is 10.0 Å². The molecule has 1 aliphatic carbocycles. The molecule has 1 aromatic carbocycles. The van der Waals surface area contributed by atoms with Gasteiger partial charge < -0.3 is 9.80 Å². The smallest absolute Gasteiger partial charge is 0.253 e. The fraction of sp³-hybridized carbons (Fsp3) is 0.696. The average molecular weight is 434 g/mol. The first-order valence-corrected chi connectivity index (χ1v) is 13.1. The van der Waals surface area contributed by atoms with Gasteiger partial charge in [0.1, 0.15) is 4.90 Å². The minimum atomic E-state index is -3.62. The highest BCUT2D eigenvalue weighted by Gasteiger charge is 2.32. The summed E-state index contributed by atoms with van der Waals surface area (Å²) in [7, 11) is -3.62. The van der Waals surface area contributed by atoms with E-state index < -0.39 is 10.0 Å². The molecular weight excluding hydrogens is 398 g/mol. The quantitative estimate of drug-likeness (QED) is 0.657. The summed E-state index contributed by atoms with van der Waals surface area (Å²) in [5.41, 5.74) is 1.26. The Morgan fingerprint density at radius 1 is 1.00 bits per heavy atom. The van der Waals surface area contributed by atoms with Crippen molar-refractivity contribution < 1.29 is 13.2 Å². The number of piperidine rings is 2. The van der Waals surface area contributed by atoms with Crippen molar-refractivity contribution in [1.82, 2.24) is 9.21 Å². The zero-order valence-corrected chi connectivity index (χ0v) is 19.0. The summed E-state index contributed by atoms with van der Waals surface area (Å²) in [6.45, 7) is 6.31. The fourth-order valence-corrected chi connectivity index (χ4v) is 6.40. The first-order chi connectivity index (χ1) is 14.5. The lowest BCUT2D eigenvalue weighted by molar-refractivity contribution is 0.0756. The molecule has 1 saturated carbocycles. The Morgan fingerprint density at radius 2 is 1.63 bits per heavy atom. The second-order valence-electron chi connectivity index (χ2n) is 8.98. The van der Waals surface area contributed by atoms with Gasteiger partial charge in [-0.05, 0) is 76.0 Å². The molecule has 3 aliphatic rings. The molecule has 0 unspecified atom stereocenters. The van der Waals surface area contributed by atoms with Crippen LogP contribution in [0.4, 0.5) is 5.69 Å². The summed E-state index contributed by atoms with van der Waals surface area (Å²) in [6.07, 6.45) is 8.61. The van der Waals surface area contributed by atoms with Crippen LogP contribution in [0.15, 0.2) is 23.1 Å². The lowest BCUT2D eigenvalue weighted by atomic mass is 10.1. The Bertz CT molecular complexity index is 854. The topological polar surface area (TPSA) is 60.9 Å². The summed E-state index contributed by atoms with van der Waals surface area (Å²) in [4.78, 5) is 17.6. The molecule has 0 atom stereocenters. The molecule has 2 saturated heterocycles. The van der Waals surface area contributed by atoms with Crippen molar-refractivity contribution in [2.75, 3.05) is 44.2 Å². The molecule has 0 bridgehead atoms. The van der Waals surface area contributed by atoms with Crippen LogP contribution in [0.5, 0.6) is 0 Å². The molecule has 0 N–H and O–H groups in total. The first kappa shape index (κ1) is 21.6. The maximum Gasteiger partial charge on any atom is 0.253 e. The standard InChI is InChI=1S/C23H35N3O3S/c1-2-24(18-19-9-10-19)23(27)20-11-12-21(25-13-5-3-6-14-25)22(17-20)30(28,29)26-15-7-4-8-16-26/h11-12,17,19H,2-10,13-16,18H2,1H3. The third kappa shape index (κ3) is 4.67. The maximum absolute atomic E-state index is 13.6. The number of hydrogen-bond acceptors (Lipinski definition) is 4. The Hall–Kier alpha value is -1.60. The molecule has 1 amide bonds. The number of hydrogen-bond donors (Lipinski definition) is 0. The van der Waals surface area contributed by atoms with Gasteiger partial charge in [0.15, 0.2) is 0 Å². The van der Waals surface area contributed by atoms with Crippen LogP contribution in [-0.2, 0) is 10.0 Å². The van der Waals surface area contributed by atoms with Crippen LogP contribution in [-0.4, -0.2) is 62.8 Å². The largest absolute Gasteiger partial charge is 0.370 e. The van der Waals surface area contributed by atoms with Gasteiger partial charge in [-0.2, -0.15) is 4.31 Å². The van der Waals surface area contributed by atoms with Gasteiger partial charge in [0, 0.05) is 44.8 Å². The van der Waals surface area contributed by atoms with E-state index in [1.54, 1.807) is 10.4 Å². The Kier molecular flexibility index (Phi) is 6.68. The molecule has 3 fully saturated rings. The van der Waals surface area contributed by atoms with Crippen LogP contribution < -0.4 is 4.90 Å². The van der Waals surface area contributed by atoms with Crippen LogP contribution in [0.25, 0.3) is 0 Å². The Balaban J connectivity index is 1.69. The van der Waals surface area contributed by atoms with Gasteiger partial charge in [-0.3, -0.25) is 4.79 Å². The Labute approximate surface area is 181 Å². The number of anilines is 1. The Morgan fingerprint density at radius 3 is 2.23 bits per heavy atom. The highest BCUT2D eigenvalue weighted by Crippen LogP contribution is 2.34. The van der Waals surface area contributed by atoms with E-state index >= 15 is 0 Å². The fourth-order valence-electron chi connectivity index (χ4n) is 4.64. The molecule has 0 aromatic heterocycles. The second-order valence-corrected chi connectivity index (χ2v) is 10.9. The summed E-state index contributed by atoms with van der Waals surface area (Å²) >= 11 is 0. The summed E-state index contributed by atoms with van der Waals surface area (Å²) in [6, 6.07) is 5.36. The molecule has 6 nitrogen and oxygen atoms in total. The molecule has 2 heterocycles. The molecule has 4 rings (SSSR count). The van der Waals surface area contributed by atoms with Crippen LogP contribution in [0.1, 0.15) is 68.6 Å². The van der Waals surface area contributed by atoms with Gasteiger partial charge in [0.05, 0.1) is 5.69 Å². The highest BCUT2D eigenvalue weighted by molar-refractivity contribution is 7.89. The van der Waals surface area contributed by atoms with Crippen molar-refractivity contribution in [3.63, 3.8) is 0 Å². The van der Waals surface area contributed by atoms with E-state index in [0.717, 1.165) is 57.4 Å². The van der Waals surface area contributed by atoms with Crippen LogP contribution in [0, 0.1) is 5.92 Å². The van der Waals surface area contributed by atoms with E-state index in [1.807, 2.05) is 24.0 Å². The molecular formula is C23H35N3O3S. The maximum atomic E-state index is 13.6. The van der Waals surface area contributed by atoms with Crippen LogP contribution in [0.2, 0.25) is 0 Å². The third-order valence-electron chi connectivity index (χ3n) is 6.68. The van der Waals surface area contributed by atoms with E-state index in [0.29, 0.717) is 36.0 Å². The van der Waals surface area contributed by atoms with Crippen LogP contribution in [0.3, 0.4) is 0 Å². The van der Waals surface area contributed by atoms with Crippen molar-refractivity contribution in [2.45, 2.75) is 63.2 Å². The van der Waals surface area contributed by atoms with Crippen molar-refractivity contribution in [2.24, 2.45) is 5.92 Å². The van der Waals surface area contributed by atoms with Gasteiger partial charge in [0.25, 0.3) is 5.91 Å². The number of sulfonamides is 1. The van der Waals surface area contributed by atoms with E-state index in [1.165, 1.54) is 19.3 Å². The minimum Gasteiger partial charge on any atom is -0.370 e. The zero-order chi connectivity index (χ0) is 21.1. The second kappa shape index (κ2) is 9.27. The number of rotatable bonds is 7. The number of carbonyl (C=O) groups is 1. The van der Waals surface area contributed by atoms with Crippen molar-refractivity contribution in [3.05, 3.63) is 23.8 Å². The number of nitrogens with zero attached hydrogens (tertiary/aromatic N) is 3. The molecule has 1 aromatic rings. The summed E-state index contributed by atoms with van der Waals surface area (Å²) < 4.78 is 28.9. The normalized spacial score (nSPS) is 20.9. The summed E-state index contributed by atoms with van der Waals surface area (Å²) in [5.74, 6) is 0.558. The predicted octanol–water partition coefficient (Wildman–Crippen LogP) is 3.72. The van der Waals surface area contributed by atoms with E-state index in [-0.39, 0.29) is 5.91 Å². The van der Waals surface area contributed by atoms with Gasteiger partial charge in [-0.25, -0.2) is 8.42 Å². The van der Waals surface area contributed by atoms with E-state index in [2.05, 4.69) is 4.90 Å². The minimum absolute atomic E-state index is 0.0512. The van der Waals surface area contributed by atoms with Gasteiger partial charge >= 0.3 is 0 Å². The van der Waals surface area contributed by atoms with Crippen molar-refractivity contribution in [1.29, 1.82) is 0 Å². The average Bonchev–Trinajstić information content (AvgIpc) is 3.62. The number of amides is 1. The third-order valence-corrected chi connectivity index (χ3v) is 8.61. The molecule has 0 radical (unpaired) electrons. The highest BCUT2D eigenvalue weighted by atomic mass is 32.2. The molecule has 2 aliphatic heterocycles. The molecule has 166 valence electrons. The predicted molar refractivity (Wildman–Crippen MR) is 119 cm³/mol. The van der Waals surface area contributed by atoms with Crippen molar-refractivity contribution in [3.8, 4) is 0 Å². The van der Waals surface area contributed by atoms with Crippen molar-refractivity contribution >= 4 is 21.6 Å². The summed E-state index contributed by atoms with van der Waals surface area (Å²) in [5, 5.41) is 0. The van der Waals surface area contributed by atoms with Gasteiger partial charge in [-0.1, -0.05) is 6.42 Å². The first-order valence-electron chi connectivity index (χ1n) is 11.7. The number of carbonyl (C=O) groups excluding carboxylic acids is 1. The monoisotopic (exact) mass is 433 g/mol. The number of benzene rings is 1. The molecule has 7 heteroatoms. The molecule has 30 heavy (non-hydrogen) atoms. The lowest BCUT2D eigenvalue weighted by Crippen LogP contribution is -2.38. The zero-order valence-electron chi connectivity index (χ0n) is 18.2. The van der Waals surface area contributed by atoms with Crippen LogP contribution >= 0.6 is 0 Å².